The Kier molecular flexibility index (Phi) is 10.9. The van der Waals surface area contributed by atoms with Gasteiger partial charge in [-0.25, -0.2) is 0 Å². The topological polar surface area (TPSA) is 29.5 Å². The number of ether oxygens (including phenoxy) is 1. The summed E-state index contributed by atoms with van der Waals surface area (Å²) in [5, 5.41) is 0.641. The van der Waals surface area contributed by atoms with E-state index in [2.05, 4.69) is 72.4 Å². The van der Waals surface area contributed by atoms with Gasteiger partial charge in [0.1, 0.15) is 6.61 Å². The van der Waals surface area contributed by atoms with E-state index in [0.717, 1.165) is 24.3 Å². The molecule has 2 aromatic rings. The number of benzene rings is 2. The molecule has 166 valence electrons. The molecule has 1 unspecified atom stereocenters. The molecule has 1 aliphatic heterocycles. The molecule has 0 saturated carbocycles. The second kappa shape index (κ2) is 14.3. The van der Waals surface area contributed by atoms with Crippen molar-refractivity contribution in [2.75, 3.05) is 18.9 Å². The number of carbonyl (C=O) groups excluding carboxylic acids is 1. The highest BCUT2D eigenvalue weighted by atomic mass is 32.2. The van der Waals surface area contributed by atoms with E-state index in [4.69, 9.17) is 4.74 Å². The highest BCUT2D eigenvalue weighted by Crippen LogP contribution is 2.27. The maximum Gasteiger partial charge on any atom is 0.226 e. The highest BCUT2D eigenvalue weighted by Gasteiger charge is 2.14. The lowest BCUT2D eigenvalue weighted by atomic mass is 10.1. The molecule has 0 saturated heterocycles. The lowest BCUT2D eigenvalue weighted by Crippen LogP contribution is -2.31. The molecular weight excluding hydrogens is 422 g/mol. The Morgan fingerprint density at radius 1 is 0.935 bits per heavy atom. The van der Waals surface area contributed by atoms with Crippen LogP contribution in [0.2, 0.25) is 0 Å². The number of hydrogen-bond acceptors (Lipinski definition) is 4. The largest absolute Gasteiger partial charge is 0.498 e. The fourth-order valence-corrected chi connectivity index (χ4v) is 5.90. The Bertz CT molecular complexity index is 783. The summed E-state index contributed by atoms with van der Waals surface area (Å²) in [7, 11) is 0. The Morgan fingerprint density at radius 2 is 1.65 bits per heavy atom. The number of nitrogens with zero attached hydrogens (tertiary/aromatic N) is 1. The average molecular weight is 456 g/mol. The summed E-state index contributed by atoms with van der Waals surface area (Å²) in [6.07, 6.45) is 8.46. The standard InChI is InChI=1S/C26H33NO2S2/c28-26(27-16-18-29-19-17-27)14-8-7-13-25(31-22-24-11-5-2-6-12-24)15-20-30-21-23-9-3-1-4-10-23/h1-6,9-12,16,18,25H,7-8,13-15,17,19-22H2. The van der Waals surface area contributed by atoms with Gasteiger partial charge in [-0.1, -0.05) is 67.1 Å². The molecule has 5 heteroatoms. The predicted molar refractivity (Wildman–Crippen MR) is 134 cm³/mol. The van der Waals surface area contributed by atoms with Gasteiger partial charge in [-0.05, 0) is 36.1 Å². The van der Waals surface area contributed by atoms with Crippen LogP contribution in [0, 0.1) is 0 Å². The van der Waals surface area contributed by atoms with Crippen LogP contribution >= 0.6 is 23.5 Å². The number of thioether (sulfide) groups is 2. The van der Waals surface area contributed by atoms with Crippen LogP contribution in [0.5, 0.6) is 0 Å². The van der Waals surface area contributed by atoms with Gasteiger partial charge >= 0.3 is 0 Å². The second-order valence-electron chi connectivity index (χ2n) is 7.73. The van der Waals surface area contributed by atoms with Crippen LogP contribution in [0.25, 0.3) is 0 Å². The first-order valence-corrected chi connectivity index (χ1v) is 13.4. The van der Waals surface area contributed by atoms with Crippen LogP contribution in [0.3, 0.4) is 0 Å². The molecule has 0 bridgehead atoms. The smallest absolute Gasteiger partial charge is 0.226 e. The van der Waals surface area contributed by atoms with Crippen LogP contribution < -0.4 is 0 Å². The van der Waals surface area contributed by atoms with E-state index in [1.54, 1.807) is 17.4 Å². The van der Waals surface area contributed by atoms with Crippen LogP contribution in [0.1, 0.15) is 43.2 Å². The molecule has 1 heterocycles. The quantitative estimate of drug-likeness (QED) is 0.322. The molecule has 0 aliphatic carbocycles. The van der Waals surface area contributed by atoms with Crippen molar-refractivity contribution < 1.29 is 9.53 Å². The highest BCUT2D eigenvalue weighted by molar-refractivity contribution is 7.99. The molecule has 0 aromatic heterocycles. The van der Waals surface area contributed by atoms with Crippen molar-refractivity contribution in [2.45, 2.75) is 48.9 Å². The van der Waals surface area contributed by atoms with Gasteiger partial charge in [-0.15, -0.1) is 0 Å². The maximum absolute atomic E-state index is 12.3. The Hall–Kier alpha value is -1.85. The lowest BCUT2D eigenvalue weighted by molar-refractivity contribution is -0.129. The van der Waals surface area contributed by atoms with Gasteiger partial charge in [0.15, 0.2) is 0 Å². The minimum absolute atomic E-state index is 0.214. The van der Waals surface area contributed by atoms with E-state index < -0.39 is 0 Å². The van der Waals surface area contributed by atoms with Crippen LogP contribution in [-0.2, 0) is 21.0 Å². The van der Waals surface area contributed by atoms with Gasteiger partial charge in [-0.3, -0.25) is 4.79 Å². The number of carbonyl (C=O) groups is 1. The molecule has 1 aliphatic rings. The van der Waals surface area contributed by atoms with E-state index in [1.165, 1.54) is 29.7 Å². The average Bonchev–Trinajstić information content (AvgIpc) is 2.84. The van der Waals surface area contributed by atoms with Gasteiger partial charge in [-0.2, -0.15) is 23.5 Å². The summed E-state index contributed by atoms with van der Waals surface area (Å²) in [5.74, 6) is 3.54. The molecule has 3 rings (SSSR count). The van der Waals surface area contributed by atoms with Crippen molar-refractivity contribution in [3.63, 3.8) is 0 Å². The Balaban J connectivity index is 1.39. The first-order valence-electron chi connectivity index (χ1n) is 11.2. The van der Waals surface area contributed by atoms with Crippen molar-refractivity contribution >= 4 is 29.4 Å². The van der Waals surface area contributed by atoms with E-state index in [-0.39, 0.29) is 5.91 Å². The Labute approximate surface area is 195 Å². The van der Waals surface area contributed by atoms with Crippen molar-refractivity contribution in [3.8, 4) is 0 Å². The van der Waals surface area contributed by atoms with Crippen LogP contribution in [0.4, 0.5) is 0 Å². The zero-order valence-corrected chi connectivity index (χ0v) is 19.8. The zero-order chi connectivity index (χ0) is 21.6. The van der Waals surface area contributed by atoms with Crippen molar-refractivity contribution in [1.29, 1.82) is 0 Å². The summed E-state index contributed by atoms with van der Waals surface area (Å²) in [5.41, 5.74) is 2.79. The molecule has 0 fully saturated rings. The molecule has 31 heavy (non-hydrogen) atoms. The zero-order valence-electron chi connectivity index (χ0n) is 18.2. The van der Waals surface area contributed by atoms with E-state index in [0.29, 0.717) is 24.8 Å². The third-order valence-corrected chi connectivity index (χ3v) is 7.80. The molecule has 3 nitrogen and oxygen atoms in total. The third kappa shape index (κ3) is 9.44. The number of hydrogen-bond donors (Lipinski definition) is 0. The molecule has 0 radical (unpaired) electrons. The van der Waals surface area contributed by atoms with Crippen LogP contribution in [-0.4, -0.2) is 35.0 Å². The normalized spacial score (nSPS) is 14.3. The third-order valence-electron chi connectivity index (χ3n) is 5.30. The number of rotatable bonds is 13. The fourth-order valence-electron chi connectivity index (χ4n) is 3.49. The summed E-state index contributed by atoms with van der Waals surface area (Å²) in [4.78, 5) is 14.1. The Morgan fingerprint density at radius 3 is 2.32 bits per heavy atom. The number of amides is 1. The second-order valence-corrected chi connectivity index (χ2v) is 10.1. The molecule has 1 amide bonds. The molecular formula is C26H33NO2S2. The minimum atomic E-state index is 0.214. The van der Waals surface area contributed by atoms with Gasteiger partial charge in [0.25, 0.3) is 0 Å². The lowest BCUT2D eigenvalue weighted by Gasteiger charge is -2.21. The summed E-state index contributed by atoms with van der Waals surface area (Å²) < 4.78 is 5.17. The summed E-state index contributed by atoms with van der Waals surface area (Å²) >= 11 is 4.10. The van der Waals surface area contributed by atoms with Gasteiger partial charge in [0, 0.05) is 29.4 Å². The van der Waals surface area contributed by atoms with Crippen LogP contribution in [0.15, 0.2) is 73.1 Å². The molecule has 1 atom stereocenters. The van der Waals surface area contributed by atoms with Gasteiger partial charge < -0.3 is 9.64 Å². The fraction of sp³-hybridized carbons (Fsp3) is 0.423. The SMILES string of the molecule is O=C(CCCCC(CCSCc1ccccc1)SCc1ccccc1)N1C=COCC1. The first kappa shape index (κ1) is 23.8. The van der Waals surface area contributed by atoms with E-state index in [9.17, 15) is 4.79 Å². The number of unbranched alkanes of at least 4 members (excludes halogenated alkanes) is 1. The van der Waals surface area contributed by atoms with Crippen molar-refractivity contribution in [2.24, 2.45) is 0 Å². The summed E-state index contributed by atoms with van der Waals surface area (Å²) in [6.45, 7) is 1.27. The molecule has 0 N–H and O–H groups in total. The summed E-state index contributed by atoms with van der Waals surface area (Å²) in [6, 6.07) is 21.4. The monoisotopic (exact) mass is 455 g/mol. The van der Waals surface area contributed by atoms with E-state index in [1.807, 2.05) is 11.8 Å². The van der Waals surface area contributed by atoms with E-state index >= 15 is 0 Å². The molecule has 0 spiro atoms. The maximum atomic E-state index is 12.3. The van der Waals surface area contributed by atoms with Crippen molar-refractivity contribution in [1.82, 2.24) is 4.90 Å². The van der Waals surface area contributed by atoms with Crippen molar-refractivity contribution in [3.05, 3.63) is 84.3 Å². The van der Waals surface area contributed by atoms with Gasteiger partial charge in [0.2, 0.25) is 5.91 Å². The minimum Gasteiger partial charge on any atom is -0.498 e. The predicted octanol–water partition coefficient (Wildman–Crippen LogP) is 6.50. The van der Waals surface area contributed by atoms with Gasteiger partial charge in [0.05, 0.1) is 12.8 Å². The molecule has 2 aromatic carbocycles. The first-order chi connectivity index (χ1) is 15.3.